The van der Waals surface area contributed by atoms with Crippen LogP contribution in [0.4, 0.5) is 0 Å². The molecule has 0 saturated heterocycles. The number of aromatic hydroxyl groups is 1. The molecule has 1 aromatic rings. The van der Waals surface area contributed by atoms with Gasteiger partial charge in [-0.25, -0.2) is 0 Å². The highest BCUT2D eigenvalue weighted by atomic mass is 79.9. The first kappa shape index (κ1) is 13.5. The van der Waals surface area contributed by atoms with E-state index < -0.39 is 5.60 Å². The van der Waals surface area contributed by atoms with E-state index in [1.807, 2.05) is 19.9 Å². The second-order valence-corrected chi connectivity index (χ2v) is 6.36. The monoisotopic (exact) mass is 286 g/mol. The van der Waals surface area contributed by atoms with Crippen molar-refractivity contribution < 1.29 is 10.2 Å². The first-order chi connectivity index (χ1) is 7.13. The molecule has 0 bridgehead atoms. The molecule has 0 aliphatic carbocycles. The average molecular weight is 287 g/mol. The van der Waals surface area contributed by atoms with Crippen molar-refractivity contribution in [2.45, 2.75) is 45.1 Å². The van der Waals surface area contributed by atoms with Crippen LogP contribution in [0.25, 0.3) is 0 Å². The van der Waals surface area contributed by atoms with Crippen molar-refractivity contribution in [3.63, 3.8) is 0 Å². The van der Waals surface area contributed by atoms with Crippen LogP contribution in [0.15, 0.2) is 22.7 Å². The van der Waals surface area contributed by atoms with Gasteiger partial charge in [0.25, 0.3) is 0 Å². The lowest BCUT2D eigenvalue weighted by Crippen LogP contribution is -2.31. The van der Waals surface area contributed by atoms with Crippen molar-refractivity contribution in [1.29, 1.82) is 0 Å². The molecule has 3 heteroatoms. The van der Waals surface area contributed by atoms with Gasteiger partial charge in [0, 0.05) is 10.0 Å². The molecule has 1 rings (SSSR count). The summed E-state index contributed by atoms with van der Waals surface area (Å²) < 4.78 is 0.877. The minimum atomic E-state index is -0.759. The van der Waals surface area contributed by atoms with Crippen molar-refractivity contribution in [3.05, 3.63) is 28.2 Å². The van der Waals surface area contributed by atoms with Crippen molar-refractivity contribution in [2.24, 2.45) is 0 Å². The summed E-state index contributed by atoms with van der Waals surface area (Å²) in [5, 5.41) is 19.8. The molecule has 2 N–H and O–H groups in total. The lowest BCUT2D eigenvalue weighted by Gasteiger charge is -2.33. The first-order valence-electron chi connectivity index (χ1n) is 5.34. The SMILES string of the molecule is CC(C)(O)CC(C)(C)c1c(O)cccc1Br. The number of hydrogen-bond donors (Lipinski definition) is 2. The zero-order chi connectivity index (χ0) is 12.6. The molecule has 0 atom stereocenters. The molecule has 0 amide bonds. The molecule has 0 aliphatic heterocycles. The van der Waals surface area contributed by atoms with Crippen LogP contribution in [0.2, 0.25) is 0 Å². The first-order valence-corrected chi connectivity index (χ1v) is 6.13. The molecular weight excluding hydrogens is 268 g/mol. The third-order valence-corrected chi connectivity index (χ3v) is 3.20. The maximum atomic E-state index is 9.91. The molecule has 0 spiro atoms. The summed E-state index contributed by atoms with van der Waals surface area (Å²) in [6.45, 7) is 7.60. The Morgan fingerprint density at radius 1 is 1.19 bits per heavy atom. The molecule has 16 heavy (non-hydrogen) atoms. The number of benzene rings is 1. The van der Waals surface area contributed by atoms with Crippen LogP contribution in [0, 0.1) is 0 Å². The van der Waals surface area contributed by atoms with E-state index in [0.29, 0.717) is 6.42 Å². The molecule has 1 aromatic carbocycles. The van der Waals surface area contributed by atoms with Crippen LogP contribution in [-0.2, 0) is 5.41 Å². The molecule has 0 aliphatic rings. The number of aliphatic hydroxyl groups is 1. The van der Waals surface area contributed by atoms with Crippen molar-refractivity contribution in [1.82, 2.24) is 0 Å². The van der Waals surface area contributed by atoms with E-state index >= 15 is 0 Å². The van der Waals surface area contributed by atoms with Gasteiger partial charge in [-0.3, -0.25) is 0 Å². The normalized spacial score (nSPS) is 12.9. The van der Waals surface area contributed by atoms with Crippen molar-refractivity contribution in [2.75, 3.05) is 0 Å². The van der Waals surface area contributed by atoms with E-state index in [0.717, 1.165) is 10.0 Å². The van der Waals surface area contributed by atoms with Gasteiger partial charge in [-0.2, -0.15) is 0 Å². The molecule has 0 fully saturated rings. The molecule has 90 valence electrons. The van der Waals surface area contributed by atoms with Crippen LogP contribution in [0.3, 0.4) is 0 Å². The second-order valence-electron chi connectivity index (χ2n) is 5.51. The predicted octanol–water partition coefficient (Wildman–Crippen LogP) is 3.59. The van der Waals surface area contributed by atoms with E-state index in [-0.39, 0.29) is 11.2 Å². The number of phenolic OH excluding ortho intramolecular Hbond substituents is 1. The predicted molar refractivity (Wildman–Crippen MR) is 69.7 cm³/mol. The van der Waals surface area contributed by atoms with Gasteiger partial charge in [0.2, 0.25) is 0 Å². The molecule has 0 heterocycles. The zero-order valence-corrected chi connectivity index (χ0v) is 11.8. The summed E-state index contributed by atoms with van der Waals surface area (Å²) in [5.41, 5.74) is -0.203. The summed E-state index contributed by atoms with van der Waals surface area (Å²) in [7, 11) is 0. The molecule has 0 saturated carbocycles. The average Bonchev–Trinajstić information content (AvgIpc) is 1.97. The summed E-state index contributed by atoms with van der Waals surface area (Å²) in [6.07, 6.45) is 0.580. The Balaban J connectivity index is 3.16. The van der Waals surface area contributed by atoms with Crippen molar-refractivity contribution in [3.8, 4) is 5.75 Å². The van der Waals surface area contributed by atoms with Crippen LogP contribution in [0.1, 0.15) is 39.7 Å². The van der Waals surface area contributed by atoms with Gasteiger partial charge >= 0.3 is 0 Å². The minimum Gasteiger partial charge on any atom is -0.508 e. The molecule has 2 nitrogen and oxygen atoms in total. The second kappa shape index (κ2) is 4.38. The van der Waals surface area contributed by atoms with Gasteiger partial charge in [-0.1, -0.05) is 35.8 Å². The molecule has 0 radical (unpaired) electrons. The summed E-state index contributed by atoms with van der Waals surface area (Å²) in [6, 6.07) is 5.37. The highest BCUT2D eigenvalue weighted by Crippen LogP contribution is 2.41. The third kappa shape index (κ3) is 3.22. The lowest BCUT2D eigenvalue weighted by molar-refractivity contribution is 0.0496. The largest absolute Gasteiger partial charge is 0.508 e. The highest BCUT2D eigenvalue weighted by molar-refractivity contribution is 9.10. The van der Waals surface area contributed by atoms with Crippen molar-refractivity contribution >= 4 is 15.9 Å². The number of hydrogen-bond acceptors (Lipinski definition) is 2. The van der Waals surface area contributed by atoms with Crippen LogP contribution in [-0.4, -0.2) is 15.8 Å². The lowest BCUT2D eigenvalue weighted by atomic mass is 9.76. The van der Waals surface area contributed by atoms with Crippen LogP contribution < -0.4 is 0 Å². The molecule has 0 aromatic heterocycles. The van der Waals surface area contributed by atoms with E-state index in [9.17, 15) is 10.2 Å². The van der Waals surface area contributed by atoms with E-state index in [2.05, 4.69) is 15.9 Å². The van der Waals surface area contributed by atoms with E-state index in [1.54, 1.807) is 26.0 Å². The fourth-order valence-corrected chi connectivity index (χ4v) is 3.25. The molecular formula is C13H19BrO2. The zero-order valence-electron chi connectivity index (χ0n) is 10.2. The highest BCUT2D eigenvalue weighted by Gasteiger charge is 2.32. The Bertz CT molecular complexity index is 358. The van der Waals surface area contributed by atoms with Gasteiger partial charge in [0.05, 0.1) is 5.60 Å². The van der Waals surface area contributed by atoms with Gasteiger partial charge in [0.15, 0.2) is 0 Å². The third-order valence-electron chi connectivity index (χ3n) is 2.54. The van der Waals surface area contributed by atoms with Gasteiger partial charge < -0.3 is 10.2 Å². The topological polar surface area (TPSA) is 40.5 Å². The summed E-state index contributed by atoms with van der Waals surface area (Å²) in [4.78, 5) is 0. The Kier molecular flexibility index (Phi) is 3.70. The number of halogens is 1. The van der Waals surface area contributed by atoms with Gasteiger partial charge in [-0.05, 0) is 37.8 Å². The maximum absolute atomic E-state index is 9.91. The van der Waals surface area contributed by atoms with Gasteiger partial charge in [0.1, 0.15) is 5.75 Å². The van der Waals surface area contributed by atoms with Gasteiger partial charge in [-0.15, -0.1) is 0 Å². The smallest absolute Gasteiger partial charge is 0.120 e. The fraction of sp³-hybridized carbons (Fsp3) is 0.538. The molecule has 0 unspecified atom stereocenters. The Labute approximate surface area is 105 Å². The summed E-state index contributed by atoms with van der Waals surface area (Å²) >= 11 is 3.45. The standard InChI is InChI=1S/C13H19BrO2/c1-12(2,8-13(3,4)16)11-9(14)6-5-7-10(11)15/h5-7,15-16H,8H2,1-4H3. The Morgan fingerprint density at radius 2 is 1.75 bits per heavy atom. The quantitative estimate of drug-likeness (QED) is 0.891. The van der Waals surface area contributed by atoms with E-state index in [4.69, 9.17) is 0 Å². The Hall–Kier alpha value is -0.540. The van der Waals surface area contributed by atoms with Crippen LogP contribution >= 0.6 is 15.9 Å². The number of phenols is 1. The summed E-state index contributed by atoms with van der Waals surface area (Å²) in [5.74, 6) is 0.267. The number of rotatable bonds is 3. The Morgan fingerprint density at radius 3 is 2.19 bits per heavy atom. The van der Waals surface area contributed by atoms with Crippen LogP contribution in [0.5, 0.6) is 5.75 Å². The maximum Gasteiger partial charge on any atom is 0.120 e. The minimum absolute atomic E-state index is 0.267. The fourth-order valence-electron chi connectivity index (χ4n) is 2.35. The van der Waals surface area contributed by atoms with E-state index in [1.165, 1.54) is 0 Å².